The third kappa shape index (κ3) is 3.12. The lowest BCUT2D eigenvalue weighted by atomic mass is 9.97. The molecule has 0 amide bonds. The SMILES string of the molecule is Fc1ccc(-n2cc(COc3ncnc4sc5c(c34)CCCC5)nn2)cc1Cl. The van der Waals surface area contributed by atoms with Crippen molar-refractivity contribution in [3.05, 3.63) is 57.7 Å². The molecule has 0 unspecified atom stereocenters. The molecule has 6 nitrogen and oxygen atoms in total. The molecule has 5 rings (SSSR count). The molecule has 1 aromatic carbocycles. The minimum absolute atomic E-state index is 0.0383. The smallest absolute Gasteiger partial charge is 0.226 e. The molecule has 142 valence electrons. The monoisotopic (exact) mass is 415 g/mol. The summed E-state index contributed by atoms with van der Waals surface area (Å²) in [5.74, 6) is 0.115. The number of benzene rings is 1. The third-order valence-corrected chi connectivity index (χ3v) is 6.27. The van der Waals surface area contributed by atoms with E-state index in [4.69, 9.17) is 16.3 Å². The summed E-state index contributed by atoms with van der Waals surface area (Å²) >= 11 is 7.57. The zero-order chi connectivity index (χ0) is 19.1. The first kappa shape index (κ1) is 17.5. The molecule has 0 bridgehead atoms. The van der Waals surface area contributed by atoms with Gasteiger partial charge >= 0.3 is 0 Å². The Hall–Kier alpha value is -2.58. The summed E-state index contributed by atoms with van der Waals surface area (Å²) in [7, 11) is 0. The topological polar surface area (TPSA) is 65.7 Å². The fourth-order valence-corrected chi connectivity index (χ4v) is 4.83. The molecule has 0 radical (unpaired) electrons. The fraction of sp³-hybridized carbons (Fsp3) is 0.263. The Balaban J connectivity index is 1.39. The lowest BCUT2D eigenvalue weighted by Crippen LogP contribution is -2.02. The first-order valence-electron chi connectivity index (χ1n) is 8.94. The third-order valence-electron chi connectivity index (χ3n) is 4.78. The molecular formula is C19H15ClFN5OS. The molecule has 0 saturated heterocycles. The van der Waals surface area contributed by atoms with Crippen molar-refractivity contribution in [2.24, 2.45) is 0 Å². The number of hydrogen-bond acceptors (Lipinski definition) is 6. The molecule has 0 saturated carbocycles. The van der Waals surface area contributed by atoms with Crippen molar-refractivity contribution in [1.82, 2.24) is 25.0 Å². The van der Waals surface area contributed by atoms with Gasteiger partial charge in [-0.05, 0) is 49.4 Å². The molecule has 3 aromatic heterocycles. The van der Waals surface area contributed by atoms with E-state index in [1.165, 1.54) is 46.4 Å². The number of fused-ring (bicyclic) bond motifs is 3. The second-order valence-electron chi connectivity index (χ2n) is 6.61. The van der Waals surface area contributed by atoms with Crippen LogP contribution in [0.2, 0.25) is 5.02 Å². The number of nitrogens with zero attached hydrogens (tertiary/aromatic N) is 5. The van der Waals surface area contributed by atoms with Gasteiger partial charge in [-0.1, -0.05) is 16.8 Å². The van der Waals surface area contributed by atoms with Crippen LogP contribution in [0, 0.1) is 5.82 Å². The van der Waals surface area contributed by atoms with Gasteiger partial charge in [0.1, 0.15) is 29.3 Å². The summed E-state index contributed by atoms with van der Waals surface area (Å²) in [6.07, 6.45) is 7.81. The molecule has 1 aliphatic rings. The van der Waals surface area contributed by atoms with Crippen molar-refractivity contribution in [3.8, 4) is 11.6 Å². The number of aromatic nitrogens is 5. The zero-order valence-electron chi connectivity index (χ0n) is 14.7. The van der Waals surface area contributed by atoms with Gasteiger partial charge in [-0.2, -0.15) is 0 Å². The highest BCUT2D eigenvalue weighted by Gasteiger charge is 2.20. The molecule has 9 heteroatoms. The van der Waals surface area contributed by atoms with Gasteiger partial charge in [-0.25, -0.2) is 19.0 Å². The second kappa shape index (κ2) is 7.10. The van der Waals surface area contributed by atoms with Crippen molar-refractivity contribution >= 4 is 33.2 Å². The van der Waals surface area contributed by atoms with E-state index in [9.17, 15) is 4.39 Å². The number of hydrogen-bond donors (Lipinski definition) is 0. The lowest BCUT2D eigenvalue weighted by molar-refractivity contribution is 0.292. The standard InChI is InChI=1S/C19H15ClFN5OS/c20-14-7-12(5-6-15(14)21)26-8-11(24-25-26)9-27-18-17-13-3-1-2-4-16(13)28-19(17)23-10-22-18/h5-8,10H,1-4,9H2. The van der Waals surface area contributed by atoms with E-state index in [1.54, 1.807) is 23.6 Å². The van der Waals surface area contributed by atoms with Crippen LogP contribution in [0.5, 0.6) is 5.88 Å². The van der Waals surface area contributed by atoms with Gasteiger partial charge < -0.3 is 4.74 Å². The number of halogens is 2. The van der Waals surface area contributed by atoms with Crippen LogP contribution in [-0.2, 0) is 19.4 Å². The van der Waals surface area contributed by atoms with Crippen molar-refractivity contribution < 1.29 is 9.13 Å². The maximum absolute atomic E-state index is 13.3. The van der Waals surface area contributed by atoms with E-state index in [-0.39, 0.29) is 11.6 Å². The minimum atomic E-state index is -0.471. The van der Waals surface area contributed by atoms with E-state index < -0.39 is 5.82 Å². The van der Waals surface area contributed by atoms with Crippen LogP contribution < -0.4 is 4.74 Å². The molecule has 1 aliphatic carbocycles. The molecule has 0 N–H and O–H groups in total. The number of thiophene rings is 1. The summed E-state index contributed by atoms with van der Waals surface area (Å²) in [6, 6.07) is 4.39. The van der Waals surface area contributed by atoms with Crippen molar-refractivity contribution in [1.29, 1.82) is 0 Å². The van der Waals surface area contributed by atoms with E-state index in [2.05, 4.69) is 20.3 Å². The number of ether oxygens (including phenoxy) is 1. The maximum Gasteiger partial charge on any atom is 0.226 e. The van der Waals surface area contributed by atoms with Gasteiger partial charge in [0.05, 0.1) is 22.3 Å². The number of aryl methyl sites for hydroxylation is 2. The van der Waals surface area contributed by atoms with Crippen LogP contribution in [0.25, 0.3) is 15.9 Å². The first-order valence-corrected chi connectivity index (χ1v) is 10.1. The second-order valence-corrected chi connectivity index (χ2v) is 8.10. The van der Waals surface area contributed by atoms with Gasteiger partial charge in [0.25, 0.3) is 0 Å². The number of rotatable bonds is 4. The van der Waals surface area contributed by atoms with E-state index >= 15 is 0 Å². The molecular weight excluding hydrogens is 401 g/mol. The molecule has 0 spiro atoms. The van der Waals surface area contributed by atoms with Gasteiger partial charge in [0.15, 0.2) is 0 Å². The Morgan fingerprint density at radius 1 is 1.21 bits per heavy atom. The average Bonchev–Trinajstić information content (AvgIpc) is 3.33. The van der Waals surface area contributed by atoms with Crippen molar-refractivity contribution in [3.63, 3.8) is 0 Å². The van der Waals surface area contributed by atoms with E-state index in [0.717, 1.165) is 23.1 Å². The summed E-state index contributed by atoms with van der Waals surface area (Å²) in [5.41, 5.74) is 2.59. The molecule has 3 heterocycles. The van der Waals surface area contributed by atoms with Crippen LogP contribution >= 0.6 is 22.9 Å². The minimum Gasteiger partial charge on any atom is -0.470 e. The van der Waals surface area contributed by atoms with Gasteiger partial charge in [-0.3, -0.25) is 0 Å². The predicted octanol–water partition coefficient (Wildman–Crippen LogP) is 4.52. The first-order chi connectivity index (χ1) is 13.7. The van der Waals surface area contributed by atoms with Gasteiger partial charge in [-0.15, -0.1) is 16.4 Å². The summed E-state index contributed by atoms with van der Waals surface area (Å²) < 4.78 is 20.8. The molecule has 28 heavy (non-hydrogen) atoms. The fourth-order valence-electron chi connectivity index (χ4n) is 3.43. The zero-order valence-corrected chi connectivity index (χ0v) is 16.3. The summed E-state index contributed by atoms with van der Waals surface area (Å²) in [4.78, 5) is 11.1. The van der Waals surface area contributed by atoms with Gasteiger partial charge in [0, 0.05) is 4.88 Å². The normalized spacial score (nSPS) is 13.6. The molecule has 0 aliphatic heterocycles. The molecule has 4 aromatic rings. The van der Waals surface area contributed by atoms with Crippen LogP contribution in [0.15, 0.2) is 30.7 Å². The van der Waals surface area contributed by atoms with Crippen LogP contribution in [0.4, 0.5) is 4.39 Å². The van der Waals surface area contributed by atoms with E-state index in [0.29, 0.717) is 17.3 Å². The highest BCUT2D eigenvalue weighted by Crippen LogP contribution is 2.39. The lowest BCUT2D eigenvalue weighted by Gasteiger charge is -2.11. The summed E-state index contributed by atoms with van der Waals surface area (Å²) in [5, 5.41) is 9.26. The van der Waals surface area contributed by atoms with Crippen LogP contribution in [-0.4, -0.2) is 25.0 Å². The predicted molar refractivity (Wildman–Crippen MR) is 105 cm³/mol. The molecule has 0 fully saturated rings. The summed E-state index contributed by atoms with van der Waals surface area (Å²) in [6.45, 7) is 0.228. The Morgan fingerprint density at radius 2 is 2.11 bits per heavy atom. The largest absolute Gasteiger partial charge is 0.470 e. The Labute approximate surface area is 169 Å². The van der Waals surface area contributed by atoms with Crippen LogP contribution in [0.1, 0.15) is 29.0 Å². The maximum atomic E-state index is 13.3. The van der Waals surface area contributed by atoms with Gasteiger partial charge in [0.2, 0.25) is 5.88 Å². The highest BCUT2D eigenvalue weighted by molar-refractivity contribution is 7.18. The quantitative estimate of drug-likeness (QED) is 0.490. The van der Waals surface area contributed by atoms with Crippen molar-refractivity contribution in [2.75, 3.05) is 0 Å². The van der Waals surface area contributed by atoms with Crippen LogP contribution in [0.3, 0.4) is 0 Å². The van der Waals surface area contributed by atoms with Crippen molar-refractivity contribution in [2.45, 2.75) is 32.3 Å². The Morgan fingerprint density at radius 3 is 3.00 bits per heavy atom. The average molecular weight is 416 g/mol. The van der Waals surface area contributed by atoms with E-state index in [1.807, 2.05) is 0 Å². The molecule has 0 atom stereocenters. The highest BCUT2D eigenvalue weighted by atomic mass is 35.5. The Kier molecular flexibility index (Phi) is 4.44. The Bertz CT molecular complexity index is 1170.